The highest BCUT2D eigenvalue weighted by Crippen LogP contribution is 2.32. The molecule has 26 heavy (non-hydrogen) atoms. The summed E-state index contributed by atoms with van der Waals surface area (Å²) in [5.41, 5.74) is 3.33. The van der Waals surface area contributed by atoms with Gasteiger partial charge in [0.1, 0.15) is 5.75 Å². The molecule has 0 saturated carbocycles. The van der Waals surface area contributed by atoms with E-state index in [-0.39, 0.29) is 15.1 Å². The van der Waals surface area contributed by atoms with Gasteiger partial charge in [0.15, 0.2) is 0 Å². The number of imide groups is 1. The number of pyridine rings is 1. The van der Waals surface area contributed by atoms with Crippen molar-refractivity contribution in [1.29, 1.82) is 0 Å². The number of carbonyl (C=O) groups is 2. The van der Waals surface area contributed by atoms with Crippen LogP contribution >= 0.6 is 23.5 Å². The van der Waals surface area contributed by atoms with Crippen molar-refractivity contribution in [3.05, 3.63) is 59.4 Å². The molecule has 1 N–H and O–H groups in total. The fourth-order valence-corrected chi connectivity index (χ4v) is 4.60. The quantitative estimate of drug-likeness (QED) is 0.756. The van der Waals surface area contributed by atoms with Crippen LogP contribution in [0.3, 0.4) is 0 Å². The summed E-state index contributed by atoms with van der Waals surface area (Å²) in [4.78, 5) is 27.2. The molecule has 7 heteroatoms. The van der Waals surface area contributed by atoms with E-state index in [9.17, 15) is 9.59 Å². The summed E-state index contributed by atoms with van der Waals surface area (Å²) < 4.78 is 5.69. The Hall–Kier alpha value is -1.99. The Morgan fingerprint density at radius 1 is 1.04 bits per heavy atom. The number of nitrogens with zero attached hydrogens (tertiary/aromatic N) is 1. The topological polar surface area (TPSA) is 68.3 Å². The van der Waals surface area contributed by atoms with Crippen molar-refractivity contribution < 1.29 is 14.3 Å². The molecule has 1 fully saturated rings. The van der Waals surface area contributed by atoms with Crippen molar-refractivity contribution in [1.82, 2.24) is 10.3 Å². The molecule has 5 nitrogen and oxygen atoms in total. The summed E-state index contributed by atoms with van der Waals surface area (Å²) in [5, 5.41) is 1.71. The van der Waals surface area contributed by atoms with Crippen LogP contribution in [-0.2, 0) is 19.3 Å². The Bertz CT molecular complexity index is 747. The van der Waals surface area contributed by atoms with Crippen LogP contribution in [0.5, 0.6) is 5.75 Å². The number of amides is 2. The lowest BCUT2D eigenvalue weighted by Gasteiger charge is -2.19. The van der Waals surface area contributed by atoms with Crippen molar-refractivity contribution >= 4 is 34.0 Å². The van der Waals surface area contributed by atoms with E-state index in [1.165, 1.54) is 5.56 Å². The Labute approximate surface area is 161 Å². The van der Waals surface area contributed by atoms with E-state index in [1.807, 2.05) is 36.5 Å². The van der Waals surface area contributed by atoms with E-state index >= 15 is 0 Å². The summed E-state index contributed by atoms with van der Waals surface area (Å²) >= 11 is 2.31. The van der Waals surface area contributed by atoms with E-state index in [0.29, 0.717) is 13.0 Å². The molecule has 1 aliphatic heterocycles. The molecule has 1 aromatic carbocycles. The molecule has 0 bridgehead atoms. The average Bonchev–Trinajstić information content (AvgIpc) is 2.63. The molecule has 3 rings (SSSR count). The van der Waals surface area contributed by atoms with Crippen LogP contribution in [-0.4, -0.2) is 26.7 Å². The minimum Gasteiger partial charge on any atom is -0.493 e. The predicted octanol–water partition coefficient (Wildman–Crippen LogP) is 4.44. The summed E-state index contributed by atoms with van der Waals surface area (Å²) in [7, 11) is 0. The number of carbonyl (C=O) groups excluding carboxylic acids is 2. The van der Waals surface area contributed by atoms with Crippen molar-refractivity contribution in [2.75, 3.05) is 6.61 Å². The van der Waals surface area contributed by atoms with Gasteiger partial charge in [-0.1, -0.05) is 25.1 Å². The van der Waals surface area contributed by atoms with Crippen molar-refractivity contribution in [2.45, 2.75) is 30.8 Å². The zero-order chi connectivity index (χ0) is 18.4. The van der Waals surface area contributed by atoms with E-state index in [0.717, 1.165) is 53.4 Å². The minimum absolute atomic E-state index is 0.0832. The zero-order valence-electron chi connectivity index (χ0n) is 14.4. The second kappa shape index (κ2) is 9.09. The highest BCUT2D eigenvalue weighted by molar-refractivity contribution is 8.31. The molecule has 2 aromatic rings. The second-order valence-electron chi connectivity index (χ2n) is 5.82. The zero-order valence-corrected chi connectivity index (χ0v) is 16.1. The standard InChI is InChI=1S/C19H20N2O3S2/c1-2-13-3-6-15(20-12-13)9-10-24-16-7-4-14(5-8-16)11-17-25-18(22)21-19(23)26-17/h3-8,12,17H,2,9-11H2,1H3,(H,21,22,23). The van der Waals surface area contributed by atoms with Gasteiger partial charge >= 0.3 is 0 Å². The molecule has 2 heterocycles. The highest BCUT2D eigenvalue weighted by atomic mass is 32.2. The van der Waals surface area contributed by atoms with E-state index in [2.05, 4.69) is 23.3 Å². The second-order valence-corrected chi connectivity index (χ2v) is 8.47. The van der Waals surface area contributed by atoms with E-state index in [1.54, 1.807) is 0 Å². The summed E-state index contributed by atoms with van der Waals surface area (Å²) in [6.45, 7) is 2.68. The Kier molecular flexibility index (Phi) is 6.57. The van der Waals surface area contributed by atoms with Gasteiger partial charge < -0.3 is 4.74 Å². The molecule has 2 amide bonds. The third kappa shape index (κ3) is 5.51. The van der Waals surface area contributed by atoms with Gasteiger partial charge in [-0.05, 0) is 65.7 Å². The SMILES string of the molecule is CCc1ccc(CCOc2ccc(CC3SC(=O)NC(=O)S3)cc2)nc1. The van der Waals surface area contributed by atoms with Crippen LogP contribution in [0.4, 0.5) is 9.59 Å². The Morgan fingerprint density at radius 2 is 1.73 bits per heavy atom. The molecule has 1 aromatic heterocycles. The number of thioether (sulfide) groups is 2. The smallest absolute Gasteiger partial charge is 0.287 e. The summed E-state index contributed by atoms with van der Waals surface area (Å²) in [6, 6.07) is 11.9. The van der Waals surface area contributed by atoms with Gasteiger partial charge in [-0.25, -0.2) is 0 Å². The molecule has 0 atom stereocenters. The lowest BCUT2D eigenvalue weighted by atomic mass is 10.1. The summed E-state index contributed by atoms with van der Waals surface area (Å²) in [6.07, 6.45) is 4.32. The van der Waals surface area contributed by atoms with Gasteiger partial charge in [-0.3, -0.25) is 19.9 Å². The largest absolute Gasteiger partial charge is 0.493 e. The van der Waals surface area contributed by atoms with Crippen LogP contribution in [0.25, 0.3) is 0 Å². The molecule has 136 valence electrons. The highest BCUT2D eigenvalue weighted by Gasteiger charge is 2.26. The van der Waals surface area contributed by atoms with Crippen LogP contribution in [0.1, 0.15) is 23.7 Å². The number of aromatic nitrogens is 1. The number of aryl methyl sites for hydroxylation is 1. The monoisotopic (exact) mass is 388 g/mol. The Morgan fingerprint density at radius 3 is 2.35 bits per heavy atom. The lowest BCUT2D eigenvalue weighted by Crippen LogP contribution is -2.31. The Balaban J connectivity index is 1.46. The van der Waals surface area contributed by atoms with Crippen molar-refractivity contribution in [2.24, 2.45) is 0 Å². The molecular weight excluding hydrogens is 368 g/mol. The number of ether oxygens (including phenoxy) is 1. The fourth-order valence-electron chi connectivity index (χ4n) is 2.49. The van der Waals surface area contributed by atoms with Gasteiger partial charge in [0.25, 0.3) is 10.5 Å². The number of hydrogen-bond donors (Lipinski definition) is 1. The third-order valence-electron chi connectivity index (χ3n) is 3.93. The van der Waals surface area contributed by atoms with Crippen molar-refractivity contribution in [3.63, 3.8) is 0 Å². The van der Waals surface area contributed by atoms with Crippen LogP contribution in [0.2, 0.25) is 0 Å². The molecule has 0 aliphatic carbocycles. The average molecular weight is 389 g/mol. The van der Waals surface area contributed by atoms with E-state index in [4.69, 9.17) is 4.74 Å². The number of benzene rings is 1. The van der Waals surface area contributed by atoms with Gasteiger partial charge in [0.05, 0.1) is 11.2 Å². The predicted molar refractivity (Wildman–Crippen MR) is 106 cm³/mol. The molecular formula is C19H20N2O3S2. The molecule has 1 aliphatic rings. The van der Waals surface area contributed by atoms with Crippen LogP contribution in [0.15, 0.2) is 42.6 Å². The van der Waals surface area contributed by atoms with Gasteiger partial charge in [0, 0.05) is 18.3 Å². The third-order valence-corrected chi connectivity index (χ3v) is 6.00. The van der Waals surface area contributed by atoms with Crippen LogP contribution in [0, 0.1) is 0 Å². The summed E-state index contributed by atoms with van der Waals surface area (Å²) in [5.74, 6) is 0.802. The maximum atomic E-state index is 11.4. The van der Waals surface area contributed by atoms with Gasteiger partial charge in [0.2, 0.25) is 0 Å². The maximum Gasteiger partial charge on any atom is 0.287 e. The molecule has 0 radical (unpaired) electrons. The molecule has 0 spiro atoms. The number of rotatable bonds is 7. The number of hydrogen-bond acceptors (Lipinski definition) is 6. The molecule has 1 saturated heterocycles. The fraction of sp³-hybridized carbons (Fsp3) is 0.316. The van der Waals surface area contributed by atoms with Crippen LogP contribution < -0.4 is 10.1 Å². The van der Waals surface area contributed by atoms with Crippen molar-refractivity contribution in [3.8, 4) is 5.75 Å². The number of nitrogens with one attached hydrogen (secondary N) is 1. The molecule has 0 unspecified atom stereocenters. The van der Waals surface area contributed by atoms with E-state index < -0.39 is 0 Å². The minimum atomic E-state index is -0.278. The maximum absolute atomic E-state index is 11.4. The normalized spacial score (nSPS) is 15.0. The first-order chi connectivity index (χ1) is 12.6. The first kappa shape index (κ1) is 18.8. The first-order valence-corrected chi connectivity index (χ1v) is 10.2. The first-order valence-electron chi connectivity index (χ1n) is 8.46. The van der Waals surface area contributed by atoms with Gasteiger partial charge in [-0.15, -0.1) is 0 Å². The lowest BCUT2D eigenvalue weighted by molar-refractivity contribution is 0.250. The van der Waals surface area contributed by atoms with Gasteiger partial charge in [-0.2, -0.15) is 0 Å².